The van der Waals surface area contributed by atoms with Gasteiger partial charge < -0.3 is 4.90 Å². The Balaban J connectivity index is 2.38. The molecule has 0 aromatic heterocycles. The lowest BCUT2D eigenvalue weighted by molar-refractivity contribution is 0.443. The number of anilines is 1. The molecular formula is C16H12F4IN. The van der Waals surface area contributed by atoms with E-state index in [-0.39, 0.29) is 0 Å². The van der Waals surface area contributed by atoms with E-state index in [1.807, 2.05) is 31.1 Å². The van der Waals surface area contributed by atoms with Gasteiger partial charge in [-0.3, -0.25) is 0 Å². The van der Waals surface area contributed by atoms with Gasteiger partial charge in [-0.05, 0) is 46.4 Å². The fourth-order valence-electron chi connectivity index (χ4n) is 1.83. The van der Waals surface area contributed by atoms with Gasteiger partial charge in [0.1, 0.15) is 0 Å². The number of halogens is 5. The van der Waals surface area contributed by atoms with E-state index in [1.165, 1.54) is 28.7 Å². The maximum atomic E-state index is 13.7. The maximum Gasteiger partial charge on any atom is 0.175 e. The van der Waals surface area contributed by atoms with Crippen molar-refractivity contribution >= 4 is 40.4 Å². The van der Waals surface area contributed by atoms with E-state index in [2.05, 4.69) is 0 Å². The van der Waals surface area contributed by atoms with Gasteiger partial charge in [0.25, 0.3) is 0 Å². The largest absolute Gasteiger partial charge is 0.378 e. The third kappa shape index (κ3) is 3.26. The summed E-state index contributed by atoms with van der Waals surface area (Å²) in [4.78, 5) is 1.90. The molecule has 0 unspecified atom stereocenters. The lowest BCUT2D eigenvalue weighted by atomic mass is 10.1. The summed E-state index contributed by atoms with van der Waals surface area (Å²) in [7, 11) is 3.76. The van der Waals surface area contributed by atoms with E-state index in [1.54, 1.807) is 12.1 Å². The number of rotatable bonds is 3. The molecule has 0 spiro atoms. The van der Waals surface area contributed by atoms with Crippen molar-refractivity contribution < 1.29 is 17.6 Å². The standard InChI is InChI=1S/C16H12F4IN/c1-22(2)10-6-3-9(4-7-10)5-8-11-12(17)14(19)16(21)15(20)13(11)18/h3-8H,1-2H3/b8-5+. The molecule has 0 bridgehead atoms. The monoisotopic (exact) mass is 421 g/mol. The first-order valence-corrected chi connectivity index (χ1v) is 7.37. The molecule has 2 aromatic carbocycles. The van der Waals surface area contributed by atoms with Crippen molar-refractivity contribution in [1.29, 1.82) is 0 Å². The zero-order chi connectivity index (χ0) is 16.4. The van der Waals surface area contributed by atoms with Gasteiger partial charge in [-0.15, -0.1) is 0 Å². The molecule has 2 rings (SSSR count). The molecule has 0 saturated carbocycles. The third-order valence-corrected chi connectivity index (χ3v) is 4.04. The Bertz CT molecular complexity index is 695. The van der Waals surface area contributed by atoms with Crippen molar-refractivity contribution in [3.8, 4) is 0 Å². The maximum absolute atomic E-state index is 13.7. The van der Waals surface area contributed by atoms with Crippen molar-refractivity contribution in [2.45, 2.75) is 0 Å². The predicted molar refractivity (Wildman–Crippen MR) is 88.7 cm³/mol. The molecule has 2 aromatic rings. The third-order valence-electron chi connectivity index (χ3n) is 3.10. The Morgan fingerprint density at radius 1 is 0.818 bits per heavy atom. The highest BCUT2D eigenvalue weighted by molar-refractivity contribution is 14.1. The fourth-order valence-corrected chi connectivity index (χ4v) is 2.30. The molecule has 0 fully saturated rings. The van der Waals surface area contributed by atoms with Gasteiger partial charge in [0, 0.05) is 19.8 Å². The van der Waals surface area contributed by atoms with E-state index >= 15 is 0 Å². The van der Waals surface area contributed by atoms with Crippen LogP contribution in [0.25, 0.3) is 12.2 Å². The molecule has 0 heterocycles. The van der Waals surface area contributed by atoms with Crippen LogP contribution in [0.1, 0.15) is 11.1 Å². The molecular weight excluding hydrogens is 409 g/mol. The molecule has 0 amide bonds. The van der Waals surface area contributed by atoms with Crippen LogP contribution in [-0.2, 0) is 0 Å². The SMILES string of the molecule is CN(C)c1ccc(/C=C/c2c(F)c(F)c(I)c(F)c2F)cc1. The smallest absolute Gasteiger partial charge is 0.175 e. The Morgan fingerprint density at radius 2 is 1.32 bits per heavy atom. The summed E-state index contributed by atoms with van der Waals surface area (Å²) in [6.45, 7) is 0. The van der Waals surface area contributed by atoms with Crippen molar-refractivity contribution in [1.82, 2.24) is 0 Å². The highest BCUT2D eigenvalue weighted by Gasteiger charge is 2.22. The second kappa shape index (κ2) is 6.68. The van der Waals surface area contributed by atoms with Crippen LogP contribution in [-0.4, -0.2) is 14.1 Å². The van der Waals surface area contributed by atoms with E-state index < -0.39 is 32.4 Å². The van der Waals surface area contributed by atoms with Crippen molar-refractivity contribution in [3.63, 3.8) is 0 Å². The topological polar surface area (TPSA) is 3.24 Å². The average molecular weight is 421 g/mol. The van der Waals surface area contributed by atoms with Gasteiger partial charge >= 0.3 is 0 Å². The zero-order valence-corrected chi connectivity index (χ0v) is 14.0. The minimum atomic E-state index is -1.40. The molecule has 0 saturated heterocycles. The summed E-state index contributed by atoms with van der Waals surface area (Å²) in [6.07, 6.45) is 2.42. The second-order valence-corrected chi connectivity index (χ2v) is 5.88. The molecule has 0 N–H and O–H groups in total. The Hall–Kier alpha value is -1.57. The molecule has 6 heteroatoms. The van der Waals surface area contributed by atoms with Crippen LogP contribution in [0.4, 0.5) is 23.2 Å². The molecule has 22 heavy (non-hydrogen) atoms. The number of hydrogen-bond acceptors (Lipinski definition) is 1. The van der Waals surface area contributed by atoms with Crippen molar-refractivity contribution in [3.05, 3.63) is 62.2 Å². The fraction of sp³-hybridized carbons (Fsp3) is 0.125. The van der Waals surface area contributed by atoms with E-state index in [9.17, 15) is 17.6 Å². The van der Waals surface area contributed by atoms with Crippen LogP contribution in [0.15, 0.2) is 24.3 Å². The average Bonchev–Trinajstić information content (AvgIpc) is 2.51. The number of benzene rings is 2. The van der Waals surface area contributed by atoms with E-state index in [0.717, 1.165) is 11.8 Å². The zero-order valence-electron chi connectivity index (χ0n) is 11.8. The molecule has 0 aliphatic rings. The van der Waals surface area contributed by atoms with Crippen LogP contribution in [0, 0.1) is 26.8 Å². The van der Waals surface area contributed by atoms with Crippen LogP contribution in [0.5, 0.6) is 0 Å². The highest BCUT2D eigenvalue weighted by atomic mass is 127. The molecule has 1 nitrogen and oxygen atoms in total. The van der Waals surface area contributed by atoms with E-state index in [0.29, 0.717) is 5.56 Å². The van der Waals surface area contributed by atoms with Crippen LogP contribution in [0.3, 0.4) is 0 Å². The first-order valence-electron chi connectivity index (χ1n) is 6.29. The Kier molecular flexibility index (Phi) is 5.10. The Labute approximate surface area is 139 Å². The van der Waals surface area contributed by atoms with Crippen molar-refractivity contribution in [2.24, 2.45) is 0 Å². The Morgan fingerprint density at radius 3 is 1.77 bits per heavy atom. The van der Waals surface area contributed by atoms with Crippen LogP contribution in [0.2, 0.25) is 0 Å². The summed E-state index contributed by atoms with van der Waals surface area (Å²) >= 11 is 1.23. The molecule has 0 atom stereocenters. The normalized spacial score (nSPS) is 11.2. The highest BCUT2D eigenvalue weighted by Crippen LogP contribution is 2.27. The number of hydrogen-bond donors (Lipinski definition) is 0. The predicted octanol–water partition coefficient (Wildman–Crippen LogP) is 5.08. The summed E-state index contributed by atoms with van der Waals surface area (Å²) in [5, 5.41) is 0. The molecule has 0 radical (unpaired) electrons. The summed E-state index contributed by atoms with van der Waals surface area (Å²) in [5.41, 5.74) is 0.886. The molecule has 0 aliphatic heterocycles. The lowest BCUT2D eigenvalue weighted by Gasteiger charge is -2.11. The van der Waals surface area contributed by atoms with Gasteiger partial charge in [0.05, 0.1) is 9.13 Å². The quantitative estimate of drug-likeness (QED) is 0.220. The minimum absolute atomic E-state index is 0.656. The number of nitrogens with zero attached hydrogens (tertiary/aromatic N) is 1. The van der Waals surface area contributed by atoms with Gasteiger partial charge in [-0.1, -0.05) is 18.2 Å². The lowest BCUT2D eigenvalue weighted by Crippen LogP contribution is -2.07. The summed E-state index contributed by atoms with van der Waals surface area (Å²) < 4.78 is 53.7. The first-order chi connectivity index (χ1) is 10.3. The second-order valence-electron chi connectivity index (χ2n) is 4.80. The van der Waals surface area contributed by atoms with Crippen LogP contribution < -0.4 is 4.90 Å². The first kappa shape index (κ1) is 16.8. The molecule has 0 aliphatic carbocycles. The minimum Gasteiger partial charge on any atom is -0.378 e. The van der Waals surface area contributed by atoms with Gasteiger partial charge in [-0.2, -0.15) is 0 Å². The van der Waals surface area contributed by atoms with Gasteiger partial charge in [0.2, 0.25) is 0 Å². The summed E-state index contributed by atoms with van der Waals surface area (Å²) in [6, 6.07) is 7.12. The summed E-state index contributed by atoms with van der Waals surface area (Å²) in [5.74, 6) is -5.57. The van der Waals surface area contributed by atoms with Crippen LogP contribution >= 0.6 is 22.6 Å². The molecule has 116 valence electrons. The van der Waals surface area contributed by atoms with Crippen molar-refractivity contribution in [2.75, 3.05) is 19.0 Å². The van der Waals surface area contributed by atoms with E-state index in [4.69, 9.17) is 0 Å². The van der Waals surface area contributed by atoms with Gasteiger partial charge in [-0.25, -0.2) is 17.6 Å². The van der Waals surface area contributed by atoms with Gasteiger partial charge in [0.15, 0.2) is 23.3 Å².